The molecule has 4 amide bonds. The number of carbonyl (C=O) groups excluding carboxylic acids is 3. The molecule has 2 N–H and O–H groups in total. The largest absolute Gasteiger partial charge is 0.497 e. The molecular weight excluding hydrogens is 380 g/mol. The molecule has 1 saturated heterocycles. The van der Waals surface area contributed by atoms with Crippen LogP contribution in [0.5, 0.6) is 5.75 Å². The van der Waals surface area contributed by atoms with Gasteiger partial charge in [0.1, 0.15) is 17.8 Å². The lowest BCUT2D eigenvalue weighted by molar-refractivity contribution is -0.384. The number of hydrogen-bond donors (Lipinski definition) is 2. The lowest BCUT2D eigenvalue weighted by atomic mass is 9.92. The minimum Gasteiger partial charge on any atom is -0.497 e. The number of amides is 4. The van der Waals surface area contributed by atoms with Crippen molar-refractivity contribution in [1.82, 2.24) is 10.2 Å². The van der Waals surface area contributed by atoms with E-state index in [9.17, 15) is 24.5 Å². The van der Waals surface area contributed by atoms with Gasteiger partial charge in [-0.25, -0.2) is 4.79 Å². The number of nitro groups is 1. The number of hydrogen-bond acceptors (Lipinski definition) is 6. The van der Waals surface area contributed by atoms with Crippen molar-refractivity contribution < 1.29 is 24.0 Å². The van der Waals surface area contributed by atoms with E-state index in [2.05, 4.69) is 10.6 Å². The molecule has 1 heterocycles. The Bertz CT molecular complexity index is 973. The van der Waals surface area contributed by atoms with Gasteiger partial charge in [0.05, 0.1) is 12.0 Å². The molecule has 0 spiro atoms. The van der Waals surface area contributed by atoms with Gasteiger partial charge < -0.3 is 15.4 Å². The van der Waals surface area contributed by atoms with E-state index in [0.29, 0.717) is 17.0 Å². The Balaban J connectivity index is 1.70. The fraction of sp³-hybridized carbons (Fsp3) is 0.211. The van der Waals surface area contributed by atoms with E-state index in [1.807, 2.05) is 0 Å². The average Bonchev–Trinajstić information content (AvgIpc) is 2.92. The molecule has 1 atom stereocenters. The smallest absolute Gasteiger partial charge is 0.325 e. The van der Waals surface area contributed by atoms with Gasteiger partial charge in [0.15, 0.2) is 0 Å². The number of methoxy groups -OCH3 is 1. The van der Waals surface area contributed by atoms with Crippen LogP contribution in [0.25, 0.3) is 0 Å². The second-order valence-corrected chi connectivity index (χ2v) is 6.53. The first kappa shape index (κ1) is 19.8. The van der Waals surface area contributed by atoms with Gasteiger partial charge in [-0.2, -0.15) is 0 Å². The number of rotatable bonds is 6. The number of imide groups is 1. The number of urea groups is 1. The Kier molecular flexibility index (Phi) is 5.18. The maximum Gasteiger partial charge on any atom is 0.325 e. The van der Waals surface area contributed by atoms with Gasteiger partial charge in [0.2, 0.25) is 5.91 Å². The molecule has 0 aromatic heterocycles. The predicted molar refractivity (Wildman–Crippen MR) is 102 cm³/mol. The van der Waals surface area contributed by atoms with Crippen LogP contribution in [0.15, 0.2) is 48.5 Å². The molecular formula is C19H18N4O6. The van der Waals surface area contributed by atoms with Gasteiger partial charge in [0, 0.05) is 17.8 Å². The number of nitrogens with zero attached hydrogens (tertiary/aromatic N) is 2. The van der Waals surface area contributed by atoms with E-state index in [1.54, 1.807) is 31.2 Å². The molecule has 1 unspecified atom stereocenters. The van der Waals surface area contributed by atoms with Crippen LogP contribution < -0.4 is 15.4 Å². The second kappa shape index (κ2) is 7.58. The summed E-state index contributed by atoms with van der Waals surface area (Å²) in [5, 5.41) is 15.8. The highest BCUT2D eigenvalue weighted by Crippen LogP contribution is 2.30. The fourth-order valence-corrected chi connectivity index (χ4v) is 2.97. The monoisotopic (exact) mass is 398 g/mol. The van der Waals surface area contributed by atoms with Crippen molar-refractivity contribution in [3.63, 3.8) is 0 Å². The Morgan fingerprint density at radius 2 is 1.79 bits per heavy atom. The topological polar surface area (TPSA) is 131 Å². The summed E-state index contributed by atoms with van der Waals surface area (Å²) in [5.41, 5.74) is -0.565. The van der Waals surface area contributed by atoms with Gasteiger partial charge in [0.25, 0.3) is 11.6 Å². The SMILES string of the molecule is COc1ccc(C2(C)NC(=O)N(CC(=O)Nc3ccc([N+](=O)[O-])cc3)C2=O)cc1. The van der Waals surface area contributed by atoms with Crippen molar-refractivity contribution in [2.24, 2.45) is 0 Å². The number of carbonyl (C=O) groups is 3. The van der Waals surface area contributed by atoms with Gasteiger partial charge >= 0.3 is 6.03 Å². The van der Waals surface area contributed by atoms with Crippen molar-refractivity contribution in [3.8, 4) is 5.75 Å². The number of nitro benzene ring substituents is 1. The average molecular weight is 398 g/mol. The Morgan fingerprint density at radius 1 is 1.17 bits per heavy atom. The summed E-state index contributed by atoms with van der Waals surface area (Å²) in [6, 6.07) is 11.2. The standard InChI is InChI=1S/C19H18N4O6/c1-19(12-3-9-15(29-2)10-4-12)17(25)22(18(26)21-19)11-16(24)20-13-5-7-14(8-6-13)23(27)28/h3-10H,11H2,1-2H3,(H,20,24)(H,21,26). The zero-order chi connectivity index (χ0) is 21.2. The zero-order valence-corrected chi connectivity index (χ0v) is 15.7. The minimum atomic E-state index is -1.31. The van der Waals surface area contributed by atoms with Crippen LogP contribution in [0.1, 0.15) is 12.5 Å². The van der Waals surface area contributed by atoms with Crippen molar-refractivity contribution in [2.45, 2.75) is 12.5 Å². The summed E-state index contributed by atoms with van der Waals surface area (Å²) in [4.78, 5) is 48.4. The first-order chi connectivity index (χ1) is 13.7. The lowest BCUT2D eigenvalue weighted by Crippen LogP contribution is -2.42. The molecule has 0 aliphatic carbocycles. The van der Waals surface area contributed by atoms with Gasteiger partial charge in [-0.3, -0.25) is 24.6 Å². The van der Waals surface area contributed by atoms with E-state index >= 15 is 0 Å². The number of non-ortho nitro benzene ring substituents is 1. The second-order valence-electron chi connectivity index (χ2n) is 6.53. The third-order valence-electron chi connectivity index (χ3n) is 4.61. The van der Waals surface area contributed by atoms with Crippen LogP contribution in [-0.4, -0.2) is 41.3 Å². The summed E-state index contributed by atoms with van der Waals surface area (Å²) in [7, 11) is 1.52. The molecule has 3 rings (SSSR count). The van der Waals surface area contributed by atoms with E-state index < -0.39 is 34.9 Å². The van der Waals surface area contributed by atoms with Crippen LogP contribution in [-0.2, 0) is 15.1 Å². The van der Waals surface area contributed by atoms with Crippen LogP contribution >= 0.6 is 0 Å². The molecule has 0 saturated carbocycles. The number of benzene rings is 2. The summed E-state index contributed by atoms with van der Waals surface area (Å²) < 4.78 is 5.09. The molecule has 0 radical (unpaired) electrons. The molecule has 10 nitrogen and oxygen atoms in total. The number of ether oxygens (including phenoxy) is 1. The molecule has 1 fully saturated rings. The highest BCUT2D eigenvalue weighted by molar-refractivity contribution is 6.10. The van der Waals surface area contributed by atoms with Crippen LogP contribution in [0, 0.1) is 10.1 Å². The molecule has 10 heteroatoms. The van der Waals surface area contributed by atoms with Gasteiger partial charge in [-0.1, -0.05) is 12.1 Å². The minimum absolute atomic E-state index is 0.118. The molecule has 0 bridgehead atoms. The quantitative estimate of drug-likeness (QED) is 0.435. The van der Waals surface area contributed by atoms with Crippen LogP contribution in [0.3, 0.4) is 0 Å². The Morgan fingerprint density at radius 3 is 2.34 bits per heavy atom. The molecule has 2 aromatic rings. The van der Waals surface area contributed by atoms with Crippen molar-refractivity contribution in [3.05, 3.63) is 64.2 Å². The Hall–Kier alpha value is -3.95. The number of anilines is 1. The van der Waals surface area contributed by atoms with Gasteiger partial charge in [-0.15, -0.1) is 0 Å². The third-order valence-corrected chi connectivity index (χ3v) is 4.61. The van der Waals surface area contributed by atoms with E-state index in [4.69, 9.17) is 4.74 Å². The highest BCUT2D eigenvalue weighted by atomic mass is 16.6. The van der Waals surface area contributed by atoms with E-state index in [-0.39, 0.29) is 5.69 Å². The zero-order valence-electron chi connectivity index (χ0n) is 15.7. The Labute approximate surface area is 165 Å². The molecule has 1 aliphatic heterocycles. The fourth-order valence-electron chi connectivity index (χ4n) is 2.97. The van der Waals surface area contributed by atoms with Crippen LogP contribution in [0.4, 0.5) is 16.2 Å². The summed E-state index contributed by atoms with van der Waals surface area (Å²) in [6.07, 6.45) is 0. The van der Waals surface area contributed by atoms with Crippen LogP contribution in [0.2, 0.25) is 0 Å². The third kappa shape index (κ3) is 3.86. The maximum absolute atomic E-state index is 12.9. The molecule has 2 aromatic carbocycles. The lowest BCUT2D eigenvalue weighted by Gasteiger charge is -2.22. The normalized spacial score (nSPS) is 18.3. The predicted octanol–water partition coefficient (Wildman–Crippen LogP) is 2.01. The summed E-state index contributed by atoms with van der Waals surface area (Å²) in [6.45, 7) is 1.07. The van der Waals surface area contributed by atoms with Crippen molar-refractivity contribution in [2.75, 3.05) is 19.0 Å². The first-order valence-corrected chi connectivity index (χ1v) is 8.57. The number of nitrogens with one attached hydrogen (secondary N) is 2. The highest BCUT2D eigenvalue weighted by Gasteiger charge is 2.49. The van der Waals surface area contributed by atoms with Crippen molar-refractivity contribution >= 4 is 29.2 Å². The van der Waals surface area contributed by atoms with E-state index in [1.165, 1.54) is 31.4 Å². The molecule has 29 heavy (non-hydrogen) atoms. The maximum atomic E-state index is 12.9. The molecule has 150 valence electrons. The summed E-state index contributed by atoms with van der Waals surface area (Å²) in [5.74, 6) is -0.568. The van der Waals surface area contributed by atoms with Crippen molar-refractivity contribution in [1.29, 1.82) is 0 Å². The van der Waals surface area contributed by atoms with E-state index in [0.717, 1.165) is 4.90 Å². The summed E-state index contributed by atoms with van der Waals surface area (Å²) >= 11 is 0. The first-order valence-electron chi connectivity index (χ1n) is 8.57. The molecule has 1 aliphatic rings. The van der Waals surface area contributed by atoms with Gasteiger partial charge in [-0.05, 0) is 36.8 Å².